The number of nitrogen functional groups attached to an aromatic ring is 1. The highest BCUT2D eigenvalue weighted by Gasteiger charge is 2.29. The van der Waals surface area contributed by atoms with E-state index in [4.69, 9.17) is 18.0 Å². The van der Waals surface area contributed by atoms with Gasteiger partial charge in [-0.15, -0.1) is 0 Å². The number of anilines is 4. The molecule has 4 aromatic rings. The number of para-hydroxylation sites is 1. The molecular formula is C24H21N5OS. The minimum Gasteiger partial charge on any atom is -0.383 e. The maximum absolute atomic E-state index is 13.0. The molecule has 3 aromatic carbocycles. The van der Waals surface area contributed by atoms with Crippen LogP contribution in [0.2, 0.25) is 0 Å². The summed E-state index contributed by atoms with van der Waals surface area (Å²) < 4.78 is 0. The highest BCUT2D eigenvalue weighted by Crippen LogP contribution is 2.36. The normalized spacial score (nSPS) is 15.1. The van der Waals surface area contributed by atoms with Crippen LogP contribution < -0.4 is 21.5 Å². The number of nitrogens with zero attached hydrogens (tertiary/aromatic N) is 2. The lowest BCUT2D eigenvalue weighted by Crippen LogP contribution is -2.31. The van der Waals surface area contributed by atoms with Gasteiger partial charge >= 0.3 is 0 Å². The summed E-state index contributed by atoms with van der Waals surface area (Å²) in [4.78, 5) is 22.6. The molecule has 31 heavy (non-hydrogen) atoms. The maximum Gasteiger partial charge on any atom is 0.264 e. The Kier molecular flexibility index (Phi) is 4.67. The Balaban J connectivity index is 1.46. The van der Waals surface area contributed by atoms with Crippen LogP contribution in [0.1, 0.15) is 18.1 Å². The zero-order valence-electron chi connectivity index (χ0n) is 16.9. The van der Waals surface area contributed by atoms with Crippen LogP contribution in [0.4, 0.5) is 23.1 Å². The number of rotatable bonds is 3. The minimum absolute atomic E-state index is 0.105. The molecule has 0 bridgehead atoms. The van der Waals surface area contributed by atoms with E-state index in [-0.39, 0.29) is 28.0 Å². The summed E-state index contributed by atoms with van der Waals surface area (Å²) in [5.41, 5.74) is 9.06. The fourth-order valence-electron chi connectivity index (χ4n) is 4.16. The van der Waals surface area contributed by atoms with Crippen LogP contribution in [-0.4, -0.2) is 21.0 Å². The number of hydrogen-bond donors (Lipinski definition) is 3. The quantitative estimate of drug-likeness (QED) is 0.421. The molecule has 6 nitrogen and oxygen atoms in total. The second kappa shape index (κ2) is 7.52. The summed E-state index contributed by atoms with van der Waals surface area (Å²) in [5, 5.41) is 5.33. The van der Waals surface area contributed by atoms with Crippen LogP contribution in [0.3, 0.4) is 0 Å². The first-order valence-corrected chi connectivity index (χ1v) is 10.5. The molecule has 1 aliphatic rings. The van der Waals surface area contributed by atoms with Gasteiger partial charge in [0.1, 0.15) is 16.4 Å². The van der Waals surface area contributed by atoms with Gasteiger partial charge in [0.25, 0.3) is 5.56 Å². The smallest absolute Gasteiger partial charge is 0.264 e. The molecule has 0 spiro atoms. The SMILES string of the molecule is C[C@H]1Cc2ccccc2N1c1nc(N)c(C(=S)Nc2ccc3ccccc3c2)c(=O)[nH]1. The number of H-pyrrole nitrogens is 1. The number of fused-ring (bicyclic) bond motifs is 2. The van der Waals surface area contributed by atoms with E-state index in [1.54, 1.807) is 0 Å². The largest absolute Gasteiger partial charge is 0.383 e. The highest BCUT2D eigenvalue weighted by molar-refractivity contribution is 7.81. The summed E-state index contributed by atoms with van der Waals surface area (Å²) in [6.07, 6.45) is 0.878. The van der Waals surface area contributed by atoms with Gasteiger partial charge in [-0.05, 0) is 47.9 Å². The van der Waals surface area contributed by atoms with Crippen molar-refractivity contribution in [2.75, 3.05) is 16.0 Å². The van der Waals surface area contributed by atoms with Gasteiger partial charge in [0.2, 0.25) is 5.95 Å². The van der Waals surface area contributed by atoms with E-state index in [0.29, 0.717) is 5.95 Å². The third-order valence-corrected chi connectivity index (χ3v) is 5.91. The number of aromatic amines is 1. The molecule has 154 valence electrons. The number of hydrogen-bond acceptors (Lipinski definition) is 5. The number of thiocarbonyl (C=S) groups is 1. The molecule has 0 unspecified atom stereocenters. The Morgan fingerprint density at radius 2 is 1.87 bits per heavy atom. The van der Waals surface area contributed by atoms with Gasteiger partial charge in [-0.3, -0.25) is 9.78 Å². The zero-order valence-corrected chi connectivity index (χ0v) is 17.7. The predicted octanol–water partition coefficient (Wildman–Crippen LogP) is 4.38. The average Bonchev–Trinajstić information content (AvgIpc) is 3.08. The number of aromatic nitrogens is 2. The van der Waals surface area contributed by atoms with Gasteiger partial charge < -0.3 is 16.0 Å². The van der Waals surface area contributed by atoms with Crippen LogP contribution >= 0.6 is 12.2 Å². The molecule has 0 saturated heterocycles. The Morgan fingerprint density at radius 1 is 1.13 bits per heavy atom. The molecule has 0 fully saturated rings. The topological polar surface area (TPSA) is 87.0 Å². The molecule has 4 N–H and O–H groups in total. The molecule has 0 aliphatic carbocycles. The zero-order chi connectivity index (χ0) is 21.5. The molecule has 0 radical (unpaired) electrons. The van der Waals surface area contributed by atoms with Crippen molar-refractivity contribution in [1.29, 1.82) is 0 Å². The molecule has 5 rings (SSSR count). The standard InChI is InChI=1S/C24H21N5OS/c1-14-12-17-8-4-5-9-19(17)29(14)24-27-21(25)20(22(30)28-24)23(31)26-18-11-10-15-6-2-3-7-16(15)13-18/h2-11,13-14H,12H2,1H3,(H,26,31)(H3,25,27,28,30)/t14-/m0/s1. The van der Waals surface area contributed by atoms with E-state index >= 15 is 0 Å². The van der Waals surface area contributed by atoms with E-state index in [9.17, 15) is 4.79 Å². The molecule has 0 saturated carbocycles. The van der Waals surface area contributed by atoms with E-state index < -0.39 is 0 Å². The second-order valence-electron chi connectivity index (χ2n) is 7.72. The third-order valence-electron chi connectivity index (χ3n) is 5.60. The van der Waals surface area contributed by atoms with Crippen molar-refractivity contribution in [3.05, 3.63) is 88.2 Å². The molecular weight excluding hydrogens is 406 g/mol. The summed E-state index contributed by atoms with van der Waals surface area (Å²) >= 11 is 5.50. The molecule has 1 aliphatic heterocycles. The Hall–Kier alpha value is -3.71. The van der Waals surface area contributed by atoms with E-state index in [1.807, 2.05) is 65.6 Å². The first kappa shape index (κ1) is 19.3. The summed E-state index contributed by atoms with van der Waals surface area (Å²) in [6, 6.07) is 22.2. The van der Waals surface area contributed by atoms with Gasteiger partial charge in [-0.25, -0.2) is 0 Å². The van der Waals surface area contributed by atoms with E-state index in [0.717, 1.165) is 28.6 Å². The monoisotopic (exact) mass is 427 g/mol. The van der Waals surface area contributed by atoms with Crippen molar-refractivity contribution in [2.45, 2.75) is 19.4 Å². The van der Waals surface area contributed by atoms with Crippen molar-refractivity contribution in [3.8, 4) is 0 Å². The lowest BCUT2D eigenvalue weighted by atomic mass is 10.1. The molecule has 0 amide bonds. The molecule has 1 aromatic heterocycles. The number of nitrogens with two attached hydrogens (primary N) is 1. The van der Waals surface area contributed by atoms with Crippen LogP contribution in [0.25, 0.3) is 10.8 Å². The summed E-state index contributed by atoms with van der Waals surface area (Å²) in [7, 11) is 0. The first-order chi connectivity index (χ1) is 15.0. The third kappa shape index (κ3) is 3.43. The number of nitrogens with one attached hydrogen (secondary N) is 2. The second-order valence-corrected chi connectivity index (χ2v) is 8.13. The molecule has 2 heterocycles. The van der Waals surface area contributed by atoms with Crippen molar-refractivity contribution in [3.63, 3.8) is 0 Å². The fourth-order valence-corrected chi connectivity index (χ4v) is 4.48. The molecule has 1 atom stereocenters. The van der Waals surface area contributed by atoms with Crippen LogP contribution in [0.15, 0.2) is 71.5 Å². The Morgan fingerprint density at radius 3 is 2.68 bits per heavy atom. The van der Waals surface area contributed by atoms with Crippen LogP contribution in [0.5, 0.6) is 0 Å². The van der Waals surface area contributed by atoms with Gasteiger partial charge in [0.05, 0.1) is 0 Å². The summed E-state index contributed by atoms with van der Waals surface area (Å²) in [5.74, 6) is 0.533. The predicted molar refractivity (Wildman–Crippen MR) is 130 cm³/mol. The van der Waals surface area contributed by atoms with E-state index in [2.05, 4.69) is 28.3 Å². The van der Waals surface area contributed by atoms with Gasteiger partial charge in [-0.1, -0.05) is 60.7 Å². The van der Waals surface area contributed by atoms with Crippen molar-refractivity contribution >= 4 is 51.1 Å². The Bertz CT molecular complexity index is 1380. The maximum atomic E-state index is 13.0. The van der Waals surface area contributed by atoms with Gasteiger partial charge in [-0.2, -0.15) is 4.98 Å². The van der Waals surface area contributed by atoms with Gasteiger partial charge in [0, 0.05) is 17.4 Å². The average molecular weight is 428 g/mol. The highest BCUT2D eigenvalue weighted by atomic mass is 32.1. The summed E-state index contributed by atoms with van der Waals surface area (Å²) in [6.45, 7) is 2.09. The lowest BCUT2D eigenvalue weighted by molar-refractivity contribution is 0.738. The van der Waals surface area contributed by atoms with Crippen molar-refractivity contribution in [2.24, 2.45) is 0 Å². The molecule has 7 heteroatoms. The van der Waals surface area contributed by atoms with E-state index in [1.165, 1.54) is 5.56 Å². The number of benzene rings is 3. The lowest BCUT2D eigenvalue weighted by Gasteiger charge is -2.23. The Labute approximate surface area is 184 Å². The van der Waals surface area contributed by atoms with Crippen LogP contribution in [-0.2, 0) is 6.42 Å². The minimum atomic E-state index is -0.364. The van der Waals surface area contributed by atoms with Crippen LogP contribution in [0, 0.1) is 0 Å². The van der Waals surface area contributed by atoms with Crippen molar-refractivity contribution < 1.29 is 0 Å². The van der Waals surface area contributed by atoms with Crippen molar-refractivity contribution in [1.82, 2.24) is 9.97 Å². The first-order valence-electron chi connectivity index (χ1n) is 10.1. The fraction of sp³-hybridized carbons (Fsp3) is 0.125. The van der Waals surface area contributed by atoms with Gasteiger partial charge in [0.15, 0.2) is 0 Å².